The van der Waals surface area contributed by atoms with Crippen molar-refractivity contribution in [1.82, 2.24) is 14.1 Å². The summed E-state index contributed by atoms with van der Waals surface area (Å²) in [5, 5.41) is 2.87. The second kappa shape index (κ2) is 7.67. The third-order valence-electron chi connectivity index (χ3n) is 5.70. The molecule has 7 heteroatoms. The van der Waals surface area contributed by atoms with Gasteiger partial charge in [-0.05, 0) is 49.9 Å². The van der Waals surface area contributed by atoms with Crippen LogP contribution in [0.15, 0.2) is 63.4 Å². The summed E-state index contributed by atoms with van der Waals surface area (Å²) in [7, 11) is 0. The fourth-order valence-electron chi connectivity index (χ4n) is 4.07. The number of thiophene rings is 1. The van der Waals surface area contributed by atoms with E-state index in [0.717, 1.165) is 29.7 Å². The van der Waals surface area contributed by atoms with Crippen LogP contribution < -0.4 is 5.56 Å². The molecule has 0 N–H and O–H groups in total. The zero-order valence-corrected chi connectivity index (χ0v) is 18.1. The summed E-state index contributed by atoms with van der Waals surface area (Å²) in [4.78, 5) is 31.7. The molecule has 0 spiro atoms. The summed E-state index contributed by atoms with van der Waals surface area (Å²) < 4.78 is 9.20. The predicted octanol–water partition coefficient (Wildman–Crippen LogP) is 4.75. The number of furan rings is 1. The number of hydrogen-bond donors (Lipinski definition) is 0. The van der Waals surface area contributed by atoms with Crippen molar-refractivity contribution < 1.29 is 9.21 Å². The molecule has 0 atom stereocenters. The van der Waals surface area contributed by atoms with Crippen LogP contribution in [0.2, 0.25) is 0 Å². The number of carbonyl (C=O) groups is 1. The average Bonchev–Trinajstić information content (AvgIpc) is 3.47. The van der Waals surface area contributed by atoms with Crippen LogP contribution in [0.4, 0.5) is 0 Å². The zero-order chi connectivity index (χ0) is 21.5. The van der Waals surface area contributed by atoms with Gasteiger partial charge in [-0.2, -0.15) is 0 Å². The number of rotatable bonds is 6. The third kappa shape index (κ3) is 3.41. The molecule has 156 valence electrons. The van der Waals surface area contributed by atoms with Crippen molar-refractivity contribution in [1.29, 1.82) is 0 Å². The van der Waals surface area contributed by atoms with Crippen LogP contribution in [0.3, 0.4) is 0 Å². The minimum atomic E-state index is -0.346. The minimum Gasteiger partial charge on any atom is -0.448 e. The van der Waals surface area contributed by atoms with Gasteiger partial charge < -0.3 is 8.98 Å². The maximum absolute atomic E-state index is 13.1. The van der Waals surface area contributed by atoms with Crippen molar-refractivity contribution in [2.75, 3.05) is 0 Å². The van der Waals surface area contributed by atoms with Crippen molar-refractivity contribution in [3.8, 4) is 0 Å². The first-order chi connectivity index (χ1) is 15.0. The van der Waals surface area contributed by atoms with E-state index in [9.17, 15) is 9.59 Å². The first kappa shape index (κ1) is 19.5. The number of ketones is 1. The fraction of sp³-hybridized carbons (Fsp3) is 0.208. The number of aromatic nitrogens is 3. The molecule has 0 amide bonds. The standard InChI is InChI=1S/C24H21N3O3S/c1-15-12-19(16(2)27(15)10-9-17-6-5-11-31-17)20(28)13-26-14-25-22-18-7-3-4-8-21(18)30-23(22)24(26)29/h3-8,11-12,14H,9-10,13H2,1-2H3. The summed E-state index contributed by atoms with van der Waals surface area (Å²) in [6, 6.07) is 13.5. The van der Waals surface area contributed by atoms with Crippen LogP contribution in [0, 0.1) is 13.8 Å². The number of aryl methyl sites for hydroxylation is 2. The van der Waals surface area contributed by atoms with E-state index in [1.165, 1.54) is 15.8 Å². The van der Waals surface area contributed by atoms with Gasteiger partial charge in [0.25, 0.3) is 5.56 Å². The highest BCUT2D eigenvalue weighted by molar-refractivity contribution is 7.09. The predicted molar refractivity (Wildman–Crippen MR) is 122 cm³/mol. The van der Waals surface area contributed by atoms with Gasteiger partial charge in [0.05, 0.1) is 12.9 Å². The zero-order valence-electron chi connectivity index (χ0n) is 17.3. The van der Waals surface area contributed by atoms with E-state index in [-0.39, 0.29) is 23.5 Å². The summed E-state index contributed by atoms with van der Waals surface area (Å²) in [5.41, 5.74) is 3.57. The largest absolute Gasteiger partial charge is 0.448 e. The number of fused-ring (bicyclic) bond motifs is 3. The molecule has 0 bridgehead atoms. The quantitative estimate of drug-likeness (QED) is 0.364. The van der Waals surface area contributed by atoms with Gasteiger partial charge in [0.2, 0.25) is 5.58 Å². The maximum Gasteiger partial charge on any atom is 0.297 e. The second-order valence-electron chi connectivity index (χ2n) is 7.64. The molecule has 0 saturated heterocycles. The molecule has 6 nitrogen and oxygen atoms in total. The molecule has 0 aliphatic heterocycles. The molecule has 1 aromatic carbocycles. The van der Waals surface area contributed by atoms with E-state index in [4.69, 9.17) is 4.42 Å². The number of benzene rings is 1. The van der Waals surface area contributed by atoms with Crippen LogP contribution >= 0.6 is 11.3 Å². The van der Waals surface area contributed by atoms with E-state index in [2.05, 4.69) is 27.1 Å². The molecule has 0 radical (unpaired) electrons. The van der Waals surface area contributed by atoms with Gasteiger partial charge in [-0.25, -0.2) is 4.98 Å². The third-order valence-corrected chi connectivity index (χ3v) is 6.64. The van der Waals surface area contributed by atoms with Crippen molar-refractivity contribution in [2.24, 2.45) is 0 Å². The van der Waals surface area contributed by atoms with Crippen molar-refractivity contribution in [3.05, 3.63) is 86.4 Å². The SMILES string of the molecule is Cc1cc(C(=O)Cn2cnc3c(oc4ccccc43)c2=O)c(C)n1CCc1cccs1. The molecule has 0 fully saturated rings. The molecule has 0 aliphatic carbocycles. The van der Waals surface area contributed by atoms with Gasteiger partial charge in [0.15, 0.2) is 5.78 Å². The number of nitrogens with zero attached hydrogens (tertiary/aromatic N) is 3. The molecular formula is C24H21N3O3S. The Morgan fingerprint density at radius 2 is 2.00 bits per heavy atom. The van der Waals surface area contributed by atoms with Gasteiger partial charge in [-0.15, -0.1) is 11.3 Å². The summed E-state index contributed by atoms with van der Waals surface area (Å²) in [6.07, 6.45) is 2.36. The van der Waals surface area contributed by atoms with Crippen LogP contribution in [-0.2, 0) is 19.5 Å². The normalized spacial score (nSPS) is 11.5. The molecule has 31 heavy (non-hydrogen) atoms. The van der Waals surface area contributed by atoms with Gasteiger partial charge in [0.1, 0.15) is 11.1 Å². The Balaban J connectivity index is 1.43. The first-order valence-electron chi connectivity index (χ1n) is 10.1. The van der Waals surface area contributed by atoms with Gasteiger partial charge in [0, 0.05) is 33.8 Å². The maximum atomic E-state index is 13.1. The van der Waals surface area contributed by atoms with Gasteiger partial charge in [-0.3, -0.25) is 14.2 Å². The molecule has 4 aromatic heterocycles. The lowest BCUT2D eigenvalue weighted by Gasteiger charge is -2.09. The molecule has 0 unspecified atom stereocenters. The lowest BCUT2D eigenvalue weighted by Crippen LogP contribution is -2.24. The second-order valence-corrected chi connectivity index (χ2v) is 8.67. The summed E-state index contributed by atoms with van der Waals surface area (Å²) >= 11 is 1.74. The number of hydrogen-bond acceptors (Lipinski definition) is 5. The summed E-state index contributed by atoms with van der Waals surface area (Å²) in [5.74, 6) is -0.116. The van der Waals surface area contributed by atoms with Crippen LogP contribution in [0.1, 0.15) is 26.6 Å². The van der Waals surface area contributed by atoms with E-state index in [0.29, 0.717) is 16.7 Å². The Kier molecular flexibility index (Phi) is 4.82. The van der Waals surface area contributed by atoms with Gasteiger partial charge >= 0.3 is 0 Å². The summed E-state index contributed by atoms with van der Waals surface area (Å²) in [6.45, 7) is 4.70. The molecule has 0 saturated carbocycles. The fourth-order valence-corrected chi connectivity index (χ4v) is 4.77. The van der Waals surface area contributed by atoms with Crippen molar-refractivity contribution in [2.45, 2.75) is 33.4 Å². The van der Waals surface area contributed by atoms with Crippen LogP contribution in [0.25, 0.3) is 22.1 Å². The highest BCUT2D eigenvalue weighted by Crippen LogP contribution is 2.24. The van der Waals surface area contributed by atoms with E-state index < -0.39 is 0 Å². The number of Topliss-reactive ketones (excluding diaryl/α,β-unsaturated/α-hetero) is 1. The topological polar surface area (TPSA) is 70.0 Å². The first-order valence-corrected chi connectivity index (χ1v) is 11.0. The molecule has 5 aromatic rings. The Bertz CT molecular complexity index is 1470. The Labute approximate surface area is 182 Å². The molecule has 4 heterocycles. The molecule has 5 rings (SSSR count). The minimum absolute atomic E-state index is 0.0754. The smallest absolute Gasteiger partial charge is 0.297 e. The number of carbonyl (C=O) groups excluding carboxylic acids is 1. The average molecular weight is 432 g/mol. The lowest BCUT2D eigenvalue weighted by atomic mass is 10.1. The number of para-hydroxylation sites is 1. The Hall–Kier alpha value is -3.45. The van der Waals surface area contributed by atoms with E-state index in [1.54, 1.807) is 17.4 Å². The monoisotopic (exact) mass is 431 g/mol. The van der Waals surface area contributed by atoms with Crippen molar-refractivity contribution in [3.63, 3.8) is 0 Å². The van der Waals surface area contributed by atoms with Crippen molar-refractivity contribution >= 4 is 39.2 Å². The molecule has 0 aliphatic rings. The highest BCUT2D eigenvalue weighted by atomic mass is 32.1. The highest BCUT2D eigenvalue weighted by Gasteiger charge is 2.19. The van der Waals surface area contributed by atoms with E-state index >= 15 is 0 Å². The lowest BCUT2D eigenvalue weighted by molar-refractivity contribution is 0.0970. The Morgan fingerprint density at radius 3 is 2.81 bits per heavy atom. The molecular weight excluding hydrogens is 410 g/mol. The van der Waals surface area contributed by atoms with E-state index in [1.807, 2.05) is 38.1 Å². The van der Waals surface area contributed by atoms with Crippen LogP contribution in [-0.4, -0.2) is 19.9 Å². The van der Waals surface area contributed by atoms with Crippen LogP contribution in [0.5, 0.6) is 0 Å². The van der Waals surface area contributed by atoms with Gasteiger partial charge in [-0.1, -0.05) is 18.2 Å². The Morgan fingerprint density at radius 1 is 1.16 bits per heavy atom.